The van der Waals surface area contributed by atoms with Crippen LogP contribution >= 0.6 is 0 Å². The Morgan fingerprint density at radius 2 is 1.81 bits per heavy atom. The number of ketones is 1. The third-order valence-electron chi connectivity index (χ3n) is 5.34. The largest absolute Gasteiger partial charge is 0.486 e. The van der Waals surface area contributed by atoms with E-state index < -0.39 is 0 Å². The van der Waals surface area contributed by atoms with Gasteiger partial charge in [0.25, 0.3) is 5.91 Å². The summed E-state index contributed by atoms with van der Waals surface area (Å²) in [5.41, 5.74) is 3.56. The molecule has 2 aromatic rings. The third-order valence-corrected chi connectivity index (χ3v) is 5.34. The number of Topliss-reactive ketones (excluding diaryl/α,β-unsaturated/α-hetero) is 1. The normalized spacial score (nSPS) is 15.5. The molecule has 0 saturated carbocycles. The summed E-state index contributed by atoms with van der Waals surface area (Å²) >= 11 is 0. The Balaban J connectivity index is 1.76. The average Bonchev–Trinajstić information content (AvgIpc) is 3.13. The number of amides is 1. The van der Waals surface area contributed by atoms with Gasteiger partial charge in [-0.1, -0.05) is 0 Å². The first-order chi connectivity index (χ1) is 15.5. The molecule has 0 unspecified atom stereocenters. The molecular weight excluding hydrogens is 412 g/mol. The molecule has 2 aliphatic rings. The summed E-state index contributed by atoms with van der Waals surface area (Å²) in [6.07, 6.45) is 0.778. The molecule has 0 radical (unpaired) electrons. The fourth-order valence-corrected chi connectivity index (χ4v) is 3.72. The lowest BCUT2D eigenvalue weighted by atomic mass is 9.97. The zero-order valence-electron chi connectivity index (χ0n) is 17.9. The van der Waals surface area contributed by atoms with Crippen molar-refractivity contribution in [2.24, 2.45) is 0 Å². The summed E-state index contributed by atoms with van der Waals surface area (Å²) in [4.78, 5) is 36.4. The van der Waals surface area contributed by atoms with Crippen LogP contribution in [0.1, 0.15) is 41.3 Å². The summed E-state index contributed by atoms with van der Waals surface area (Å²) in [6.45, 7) is 2.86. The fourth-order valence-electron chi connectivity index (χ4n) is 3.72. The number of hydrogen-bond acceptors (Lipinski definition) is 7. The third kappa shape index (κ3) is 4.30. The molecule has 0 aliphatic carbocycles. The number of esters is 1. The van der Waals surface area contributed by atoms with E-state index in [1.54, 1.807) is 24.3 Å². The maximum absolute atomic E-state index is 13.0. The maximum Gasteiger partial charge on any atom is 0.305 e. The second kappa shape index (κ2) is 9.13. The molecular formula is C24H24N2O6. The van der Waals surface area contributed by atoms with Crippen LogP contribution in [0.15, 0.2) is 36.4 Å². The fraction of sp³-hybridized carbons (Fsp3) is 0.292. The Kier molecular flexibility index (Phi) is 6.11. The standard InChI is InChI=1S/C24H24N2O6/c1-14(27)15-5-7-18-17(12-15)22(24(29)26-18)23(25-9-3-4-21(28)30-2)16-6-8-19-20(13-16)32-11-10-31-19/h5-8,12-13,25H,3-4,9-11H2,1-2H3,(H,26,29)/b23-22+. The summed E-state index contributed by atoms with van der Waals surface area (Å²) in [7, 11) is 1.35. The number of fused-ring (bicyclic) bond motifs is 2. The molecule has 2 aliphatic heterocycles. The van der Waals surface area contributed by atoms with E-state index >= 15 is 0 Å². The highest BCUT2D eigenvalue weighted by Gasteiger charge is 2.29. The van der Waals surface area contributed by atoms with E-state index in [4.69, 9.17) is 14.2 Å². The lowest BCUT2D eigenvalue weighted by molar-refractivity contribution is -0.140. The Morgan fingerprint density at radius 3 is 2.56 bits per heavy atom. The molecule has 32 heavy (non-hydrogen) atoms. The molecule has 4 rings (SSSR count). The highest BCUT2D eigenvalue weighted by molar-refractivity contribution is 6.36. The van der Waals surface area contributed by atoms with E-state index in [1.807, 2.05) is 12.1 Å². The minimum absolute atomic E-state index is 0.0848. The predicted octanol–water partition coefficient (Wildman–Crippen LogP) is 3.02. The van der Waals surface area contributed by atoms with Crippen molar-refractivity contribution in [1.29, 1.82) is 0 Å². The number of carbonyl (C=O) groups is 3. The zero-order valence-corrected chi connectivity index (χ0v) is 17.9. The van der Waals surface area contributed by atoms with Crippen LogP contribution in [0.4, 0.5) is 5.69 Å². The smallest absolute Gasteiger partial charge is 0.305 e. The van der Waals surface area contributed by atoms with Gasteiger partial charge in [-0.25, -0.2) is 0 Å². The summed E-state index contributed by atoms with van der Waals surface area (Å²) in [5, 5.41) is 6.18. The van der Waals surface area contributed by atoms with Crippen molar-refractivity contribution in [3.05, 3.63) is 53.1 Å². The topological polar surface area (TPSA) is 103 Å². The number of benzene rings is 2. The maximum atomic E-state index is 13.0. The molecule has 0 fully saturated rings. The van der Waals surface area contributed by atoms with Gasteiger partial charge in [0.1, 0.15) is 13.2 Å². The van der Waals surface area contributed by atoms with Gasteiger partial charge >= 0.3 is 5.97 Å². The molecule has 0 bridgehead atoms. The Morgan fingerprint density at radius 1 is 1.06 bits per heavy atom. The number of anilines is 1. The minimum Gasteiger partial charge on any atom is -0.486 e. The molecule has 8 heteroatoms. The SMILES string of the molecule is COC(=O)CCCN/C(=C1/C(=O)Nc2ccc(C(C)=O)cc21)c1ccc2c(c1)OCCO2. The molecule has 0 atom stereocenters. The Hall–Kier alpha value is -3.81. The number of nitrogens with one attached hydrogen (secondary N) is 2. The van der Waals surface area contributed by atoms with Gasteiger partial charge in [0.05, 0.1) is 18.4 Å². The molecule has 2 N–H and O–H groups in total. The van der Waals surface area contributed by atoms with Crippen molar-refractivity contribution in [2.45, 2.75) is 19.8 Å². The van der Waals surface area contributed by atoms with Crippen molar-refractivity contribution >= 4 is 34.6 Å². The monoisotopic (exact) mass is 436 g/mol. The van der Waals surface area contributed by atoms with Gasteiger partial charge in [0, 0.05) is 35.3 Å². The molecule has 0 spiro atoms. The van der Waals surface area contributed by atoms with Crippen LogP contribution in [-0.4, -0.2) is 44.5 Å². The van der Waals surface area contributed by atoms with Crippen LogP contribution in [0, 0.1) is 0 Å². The Bertz CT molecular complexity index is 1120. The quantitative estimate of drug-likeness (QED) is 0.298. The van der Waals surface area contributed by atoms with Gasteiger partial charge in [-0.05, 0) is 49.7 Å². The van der Waals surface area contributed by atoms with Crippen molar-refractivity contribution in [3.8, 4) is 11.5 Å². The van der Waals surface area contributed by atoms with Gasteiger partial charge < -0.3 is 24.8 Å². The van der Waals surface area contributed by atoms with Gasteiger partial charge in [-0.3, -0.25) is 14.4 Å². The molecule has 8 nitrogen and oxygen atoms in total. The van der Waals surface area contributed by atoms with Crippen molar-refractivity contribution in [2.75, 3.05) is 32.2 Å². The average molecular weight is 436 g/mol. The second-order valence-electron chi connectivity index (χ2n) is 7.49. The van der Waals surface area contributed by atoms with Crippen LogP contribution in [0.3, 0.4) is 0 Å². The van der Waals surface area contributed by atoms with Crippen LogP contribution < -0.4 is 20.1 Å². The minimum atomic E-state index is -0.296. The van der Waals surface area contributed by atoms with E-state index in [-0.39, 0.29) is 24.1 Å². The second-order valence-corrected chi connectivity index (χ2v) is 7.49. The van der Waals surface area contributed by atoms with Gasteiger partial charge in [0.15, 0.2) is 17.3 Å². The zero-order chi connectivity index (χ0) is 22.7. The molecule has 2 heterocycles. The van der Waals surface area contributed by atoms with Crippen LogP contribution in [-0.2, 0) is 14.3 Å². The molecule has 0 saturated heterocycles. The number of ether oxygens (including phenoxy) is 3. The molecule has 0 aromatic heterocycles. The first-order valence-corrected chi connectivity index (χ1v) is 10.4. The lowest BCUT2D eigenvalue weighted by Crippen LogP contribution is -2.20. The molecule has 2 aromatic carbocycles. The van der Waals surface area contributed by atoms with Crippen molar-refractivity contribution in [1.82, 2.24) is 5.32 Å². The van der Waals surface area contributed by atoms with E-state index in [0.717, 1.165) is 5.56 Å². The van der Waals surface area contributed by atoms with E-state index in [2.05, 4.69) is 10.6 Å². The predicted molar refractivity (Wildman–Crippen MR) is 119 cm³/mol. The summed E-state index contributed by atoms with van der Waals surface area (Å²) in [5.74, 6) is 0.587. The number of carbonyl (C=O) groups excluding carboxylic acids is 3. The highest BCUT2D eigenvalue weighted by Crippen LogP contribution is 2.39. The van der Waals surface area contributed by atoms with Gasteiger partial charge in [-0.15, -0.1) is 0 Å². The van der Waals surface area contributed by atoms with E-state index in [0.29, 0.717) is 65.8 Å². The van der Waals surface area contributed by atoms with E-state index in [1.165, 1.54) is 14.0 Å². The molecule has 1 amide bonds. The van der Waals surface area contributed by atoms with Crippen molar-refractivity contribution in [3.63, 3.8) is 0 Å². The summed E-state index contributed by atoms with van der Waals surface area (Å²) in [6, 6.07) is 10.6. The highest BCUT2D eigenvalue weighted by atomic mass is 16.6. The number of rotatable bonds is 7. The van der Waals surface area contributed by atoms with Crippen molar-refractivity contribution < 1.29 is 28.6 Å². The number of hydrogen-bond donors (Lipinski definition) is 2. The van der Waals surface area contributed by atoms with Crippen LogP contribution in [0.25, 0.3) is 11.3 Å². The van der Waals surface area contributed by atoms with Gasteiger partial charge in [-0.2, -0.15) is 0 Å². The first kappa shape index (κ1) is 21.4. The van der Waals surface area contributed by atoms with Gasteiger partial charge in [0.2, 0.25) is 0 Å². The summed E-state index contributed by atoms with van der Waals surface area (Å²) < 4.78 is 16.0. The lowest BCUT2D eigenvalue weighted by Gasteiger charge is -2.21. The molecule has 166 valence electrons. The van der Waals surface area contributed by atoms with E-state index in [9.17, 15) is 14.4 Å². The van der Waals surface area contributed by atoms with Crippen LogP contribution in [0.2, 0.25) is 0 Å². The number of methoxy groups -OCH3 is 1. The Labute approximate surface area is 185 Å². The van der Waals surface area contributed by atoms with Crippen LogP contribution in [0.5, 0.6) is 11.5 Å². The first-order valence-electron chi connectivity index (χ1n) is 10.4.